The molecule has 0 atom stereocenters. The Morgan fingerprint density at radius 3 is 1.95 bits per heavy atom. The summed E-state index contributed by atoms with van der Waals surface area (Å²) in [6.45, 7) is 9.15. The van der Waals surface area contributed by atoms with E-state index in [1.807, 2.05) is 12.3 Å². The summed E-state index contributed by atoms with van der Waals surface area (Å²) in [5.41, 5.74) is 17.7. The topological polar surface area (TPSA) is 51.4 Å². The molecule has 12 rings (SSSR count). The number of benzene rings is 8. The zero-order chi connectivity index (χ0) is 43.1. The van der Waals surface area contributed by atoms with E-state index < -0.39 is 0 Å². The Kier molecular flexibility index (Phi) is 8.57. The van der Waals surface area contributed by atoms with Crippen molar-refractivity contribution in [2.24, 2.45) is 0 Å². The fraction of sp³-hybridized carbons (Fsp3) is 0.0847. The third-order valence-electron chi connectivity index (χ3n) is 13.5. The maximum absolute atomic E-state index is 5.82. The van der Waals surface area contributed by atoms with Crippen molar-refractivity contribution < 1.29 is 0 Å². The lowest BCUT2D eigenvalue weighted by atomic mass is 9.77. The van der Waals surface area contributed by atoms with E-state index in [4.69, 9.17) is 9.97 Å². The van der Waals surface area contributed by atoms with Gasteiger partial charge in [0.2, 0.25) is 0 Å². The fourth-order valence-electron chi connectivity index (χ4n) is 10.3. The molecule has 0 unspecified atom stereocenters. The number of nitrogens with zero attached hydrogens (tertiary/aromatic N) is 4. The zero-order valence-corrected chi connectivity index (χ0v) is 36.3. The number of H-pyrrole nitrogens is 1. The standard InChI is InChI=1S/C59H45N5/c1-37-32-43(33-38(2)55(37)39-18-7-5-8-19-39)63-53-36-42(59(3,4)41-20-9-6-10-21-41)35-49(57(53)62-58(63)48-25-17-24-47-44-22-11-13-26-50(44)61-56(47)48)40-29-30-46-45-23-12-14-27-51(45)64(52(46)34-40)54-28-15-16-31-60-54/h5-36,61H,1-4H3. The number of pyridine rings is 1. The van der Waals surface area contributed by atoms with Crippen LogP contribution in [0.15, 0.2) is 194 Å². The fourth-order valence-corrected chi connectivity index (χ4v) is 10.3. The third-order valence-corrected chi connectivity index (χ3v) is 13.5. The van der Waals surface area contributed by atoms with Gasteiger partial charge in [-0.2, -0.15) is 0 Å². The number of fused-ring (bicyclic) bond motifs is 7. The molecule has 8 aromatic carbocycles. The molecule has 5 nitrogen and oxygen atoms in total. The van der Waals surface area contributed by atoms with E-state index >= 15 is 0 Å². The van der Waals surface area contributed by atoms with E-state index in [9.17, 15) is 0 Å². The van der Waals surface area contributed by atoms with E-state index in [1.165, 1.54) is 54.9 Å². The molecule has 5 heteroatoms. The number of para-hydroxylation sites is 3. The van der Waals surface area contributed by atoms with E-state index in [0.29, 0.717) is 0 Å². The van der Waals surface area contributed by atoms with Gasteiger partial charge in [0.1, 0.15) is 11.6 Å². The van der Waals surface area contributed by atoms with Gasteiger partial charge >= 0.3 is 0 Å². The van der Waals surface area contributed by atoms with Crippen molar-refractivity contribution in [2.75, 3.05) is 0 Å². The summed E-state index contributed by atoms with van der Waals surface area (Å²) < 4.78 is 4.71. The molecular weight excluding hydrogens is 779 g/mol. The summed E-state index contributed by atoms with van der Waals surface area (Å²) in [6.07, 6.45) is 1.87. The van der Waals surface area contributed by atoms with Crippen LogP contribution in [0.3, 0.4) is 0 Å². The number of hydrogen-bond donors (Lipinski definition) is 1. The molecule has 0 aliphatic carbocycles. The molecule has 0 aliphatic heterocycles. The van der Waals surface area contributed by atoms with Gasteiger partial charge in [0.15, 0.2) is 0 Å². The average Bonchev–Trinajstić information content (AvgIpc) is 4.02. The highest BCUT2D eigenvalue weighted by molar-refractivity contribution is 6.13. The monoisotopic (exact) mass is 823 g/mol. The predicted octanol–water partition coefficient (Wildman–Crippen LogP) is 15.1. The van der Waals surface area contributed by atoms with E-state index in [1.54, 1.807) is 0 Å². The molecule has 0 fully saturated rings. The van der Waals surface area contributed by atoms with Gasteiger partial charge in [0, 0.05) is 55.5 Å². The Hall–Kier alpha value is -8.02. The van der Waals surface area contributed by atoms with Gasteiger partial charge in [-0.05, 0) is 113 Å². The van der Waals surface area contributed by atoms with Crippen LogP contribution in [0.5, 0.6) is 0 Å². The molecule has 64 heavy (non-hydrogen) atoms. The highest BCUT2D eigenvalue weighted by atomic mass is 15.1. The summed E-state index contributed by atoms with van der Waals surface area (Å²) in [4.78, 5) is 14.5. The van der Waals surface area contributed by atoms with Crippen LogP contribution in [-0.4, -0.2) is 24.1 Å². The first-order chi connectivity index (χ1) is 31.3. The minimum Gasteiger partial charge on any atom is -0.354 e. The van der Waals surface area contributed by atoms with Crippen molar-refractivity contribution in [3.8, 4) is 45.1 Å². The second-order valence-electron chi connectivity index (χ2n) is 17.6. The van der Waals surface area contributed by atoms with Crippen LogP contribution in [0.4, 0.5) is 0 Å². The van der Waals surface area contributed by atoms with Crippen LogP contribution in [-0.2, 0) is 5.41 Å². The Balaban J connectivity index is 1.20. The van der Waals surface area contributed by atoms with E-state index in [-0.39, 0.29) is 5.41 Å². The molecular formula is C59H45N5. The van der Waals surface area contributed by atoms with E-state index in [0.717, 1.165) is 67.1 Å². The average molecular weight is 824 g/mol. The zero-order valence-electron chi connectivity index (χ0n) is 36.3. The highest BCUT2D eigenvalue weighted by Gasteiger charge is 2.29. The quantitative estimate of drug-likeness (QED) is 0.174. The molecule has 4 heterocycles. The first kappa shape index (κ1) is 37.7. The summed E-state index contributed by atoms with van der Waals surface area (Å²) in [5.74, 6) is 1.77. The molecule has 0 spiro atoms. The van der Waals surface area contributed by atoms with Gasteiger partial charge in [-0.15, -0.1) is 0 Å². The lowest BCUT2D eigenvalue weighted by Crippen LogP contribution is -2.19. The second kappa shape index (κ2) is 14.5. The minimum absolute atomic E-state index is 0.341. The van der Waals surface area contributed by atoms with Crippen molar-refractivity contribution in [1.82, 2.24) is 24.1 Å². The SMILES string of the molecule is Cc1cc(-n2c(-c3cccc4c3[nH]c3ccccc34)nc3c(-c4ccc5c6ccccc6n(-c6ccccn6)c5c4)cc(C(C)(C)c4ccccc4)cc32)cc(C)c1-c1ccccc1. The smallest absolute Gasteiger partial charge is 0.147 e. The summed E-state index contributed by atoms with van der Waals surface area (Å²) >= 11 is 0. The Labute approximate surface area is 371 Å². The number of hydrogen-bond acceptors (Lipinski definition) is 2. The van der Waals surface area contributed by atoms with Crippen LogP contribution in [0.2, 0.25) is 0 Å². The lowest BCUT2D eigenvalue weighted by molar-refractivity contribution is 0.642. The molecule has 4 aromatic heterocycles. The Morgan fingerprint density at radius 2 is 1.17 bits per heavy atom. The number of nitrogens with one attached hydrogen (secondary N) is 1. The van der Waals surface area contributed by atoms with Gasteiger partial charge in [-0.1, -0.05) is 141 Å². The molecule has 0 bridgehead atoms. The van der Waals surface area contributed by atoms with Gasteiger partial charge < -0.3 is 4.98 Å². The van der Waals surface area contributed by atoms with Crippen molar-refractivity contribution in [3.05, 3.63) is 217 Å². The highest BCUT2D eigenvalue weighted by Crippen LogP contribution is 2.44. The van der Waals surface area contributed by atoms with E-state index in [2.05, 4.69) is 224 Å². The maximum Gasteiger partial charge on any atom is 0.147 e. The number of imidazole rings is 1. The Bertz CT molecular complexity index is 3730. The summed E-state index contributed by atoms with van der Waals surface area (Å²) in [6, 6.07) is 67.9. The molecule has 0 saturated carbocycles. The van der Waals surface area contributed by atoms with Crippen molar-refractivity contribution in [2.45, 2.75) is 33.1 Å². The van der Waals surface area contributed by atoms with Crippen LogP contribution in [0.25, 0.3) is 99.8 Å². The third kappa shape index (κ3) is 5.85. The summed E-state index contributed by atoms with van der Waals surface area (Å²) in [5, 5.41) is 4.76. The summed E-state index contributed by atoms with van der Waals surface area (Å²) in [7, 11) is 0. The molecule has 1 N–H and O–H groups in total. The molecule has 0 amide bonds. The van der Waals surface area contributed by atoms with Gasteiger partial charge in [-0.3, -0.25) is 9.13 Å². The molecule has 306 valence electrons. The molecule has 0 saturated heterocycles. The molecule has 12 aromatic rings. The van der Waals surface area contributed by atoms with Crippen molar-refractivity contribution in [1.29, 1.82) is 0 Å². The van der Waals surface area contributed by atoms with Crippen LogP contribution < -0.4 is 0 Å². The number of aromatic amines is 1. The van der Waals surface area contributed by atoms with Gasteiger partial charge in [0.05, 0.1) is 27.6 Å². The Morgan fingerprint density at radius 1 is 0.484 bits per heavy atom. The normalized spacial score (nSPS) is 12.1. The van der Waals surface area contributed by atoms with Crippen LogP contribution in [0, 0.1) is 13.8 Å². The predicted molar refractivity (Wildman–Crippen MR) is 267 cm³/mol. The number of rotatable bonds is 7. The molecule has 0 radical (unpaired) electrons. The van der Waals surface area contributed by atoms with Crippen LogP contribution >= 0.6 is 0 Å². The van der Waals surface area contributed by atoms with Gasteiger partial charge in [0.25, 0.3) is 0 Å². The maximum atomic E-state index is 5.82. The van der Waals surface area contributed by atoms with Crippen molar-refractivity contribution in [3.63, 3.8) is 0 Å². The number of aromatic nitrogens is 5. The van der Waals surface area contributed by atoms with Gasteiger partial charge in [-0.25, -0.2) is 9.97 Å². The molecule has 0 aliphatic rings. The largest absolute Gasteiger partial charge is 0.354 e. The van der Waals surface area contributed by atoms with Crippen LogP contribution in [0.1, 0.15) is 36.1 Å². The van der Waals surface area contributed by atoms with Crippen molar-refractivity contribution >= 4 is 54.6 Å². The first-order valence-corrected chi connectivity index (χ1v) is 22.1. The number of aryl methyl sites for hydroxylation is 2. The second-order valence-corrected chi connectivity index (χ2v) is 17.6. The lowest BCUT2D eigenvalue weighted by Gasteiger charge is -2.27. The first-order valence-electron chi connectivity index (χ1n) is 22.1. The minimum atomic E-state index is -0.341.